The molecule has 0 bridgehead atoms. The van der Waals surface area contributed by atoms with Crippen molar-refractivity contribution < 1.29 is 4.98 Å². The van der Waals surface area contributed by atoms with Gasteiger partial charge < -0.3 is 0 Å². The SMILES string of the molecule is C/C(=N\N1CCN(c2cccc[nH+]2)CC1)c1ccc(Cl)cc1. The summed E-state index contributed by atoms with van der Waals surface area (Å²) in [7, 11) is 0. The Morgan fingerprint density at radius 3 is 2.41 bits per heavy atom. The Morgan fingerprint density at radius 1 is 1.05 bits per heavy atom. The number of benzene rings is 1. The van der Waals surface area contributed by atoms with Gasteiger partial charge in [-0.2, -0.15) is 5.10 Å². The van der Waals surface area contributed by atoms with Gasteiger partial charge in [-0.3, -0.25) is 9.91 Å². The minimum Gasteiger partial charge on any atom is -0.289 e. The van der Waals surface area contributed by atoms with Crippen LogP contribution in [0, 0.1) is 0 Å². The van der Waals surface area contributed by atoms with Gasteiger partial charge in [0.1, 0.15) is 13.1 Å². The average molecular weight is 316 g/mol. The first-order valence-electron chi connectivity index (χ1n) is 7.50. The second-order valence-corrected chi connectivity index (χ2v) is 5.82. The van der Waals surface area contributed by atoms with E-state index in [0.29, 0.717) is 0 Å². The molecule has 1 saturated heterocycles. The van der Waals surface area contributed by atoms with Gasteiger partial charge in [0.15, 0.2) is 0 Å². The minimum absolute atomic E-state index is 0.754. The van der Waals surface area contributed by atoms with E-state index in [2.05, 4.69) is 27.0 Å². The highest BCUT2D eigenvalue weighted by Crippen LogP contribution is 2.13. The van der Waals surface area contributed by atoms with Crippen LogP contribution in [-0.2, 0) is 0 Å². The summed E-state index contributed by atoms with van der Waals surface area (Å²) < 4.78 is 0. The lowest BCUT2D eigenvalue weighted by atomic mass is 10.1. The van der Waals surface area contributed by atoms with E-state index in [0.717, 1.165) is 42.5 Å². The number of halogens is 1. The summed E-state index contributed by atoms with van der Waals surface area (Å²) in [4.78, 5) is 5.63. The van der Waals surface area contributed by atoms with Gasteiger partial charge in [-0.15, -0.1) is 0 Å². The topological polar surface area (TPSA) is 33.0 Å². The molecular formula is C17H20ClN4+. The Kier molecular flexibility index (Phi) is 4.59. The zero-order valence-electron chi connectivity index (χ0n) is 12.7. The van der Waals surface area contributed by atoms with E-state index in [-0.39, 0.29) is 0 Å². The highest BCUT2D eigenvalue weighted by Gasteiger charge is 2.22. The van der Waals surface area contributed by atoms with Crippen molar-refractivity contribution >= 4 is 23.1 Å². The Labute approximate surface area is 136 Å². The molecule has 3 rings (SSSR count). The van der Waals surface area contributed by atoms with Crippen molar-refractivity contribution in [2.24, 2.45) is 5.10 Å². The van der Waals surface area contributed by atoms with Gasteiger partial charge in [-0.05, 0) is 30.7 Å². The second-order valence-electron chi connectivity index (χ2n) is 5.38. The summed E-state index contributed by atoms with van der Waals surface area (Å²) >= 11 is 5.92. The summed E-state index contributed by atoms with van der Waals surface area (Å²) in [6.45, 7) is 5.83. The molecule has 1 aliphatic heterocycles. The monoisotopic (exact) mass is 315 g/mol. The number of anilines is 1. The fraction of sp³-hybridized carbons (Fsp3) is 0.294. The molecule has 0 atom stereocenters. The first-order chi connectivity index (χ1) is 10.7. The standard InChI is InChI=1S/C17H19ClN4/c1-14(15-5-7-16(18)8-6-15)20-22-12-10-21(11-13-22)17-4-2-3-9-19-17/h2-9H,10-13H2,1H3/p+1/b20-14+. The minimum atomic E-state index is 0.754. The van der Waals surface area contributed by atoms with E-state index in [4.69, 9.17) is 16.7 Å². The predicted octanol–water partition coefficient (Wildman–Crippen LogP) is 2.70. The number of hydrogen-bond donors (Lipinski definition) is 0. The molecule has 0 unspecified atom stereocenters. The second kappa shape index (κ2) is 6.79. The van der Waals surface area contributed by atoms with Crippen LogP contribution in [0.25, 0.3) is 0 Å². The summed E-state index contributed by atoms with van der Waals surface area (Å²) in [6, 6.07) is 14.0. The van der Waals surface area contributed by atoms with Crippen molar-refractivity contribution in [2.75, 3.05) is 31.1 Å². The Hall–Kier alpha value is -2.07. The normalized spacial score (nSPS) is 16.0. The van der Waals surface area contributed by atoms with Crippen LogP contribution in [0.1, 0.15) is 12.5 Å². The number of hydrazone groups is 1. The van der Waals surface area contributed by atoms with Crippen LogP contribution in [0.15, 0.2) is 53.8 Å². The van der Waals surface area contributed by atoms with Crippen LogP contribution in [-0.4, -0.2) is 36.9 Å². The summed E-state index contributed by atoms with van der Waals surface area (Å²) in [5.74, 6) is 1.17. The third kappa shape index (κ3) is 3.57. The van der Waals surface area contributed by atoms with Crippen molar-refractivity contribution in [3.05, 3.63) is 59.2 Å². The molecule has 1 aromatic carbocycles. The molecule has 5 heteroatoms. The van der Waals surface area contributed by atoms with E-state index in [1.54, 1.807) is 0 Å². The molecule has 0 spiro atoms. The molecule has 0 saturated carbocycles. The van der Waals surface area contributed by atoms with Crippen LogP contribution < -0.4 is 9.88 Å². The maximum absolute atomic E-state index is 5.92. The average Bonchev–Trinajstić information content (AvgIpc) is 2.57. The van der Waals surface area contributed by atoms with Crippen molar-refractivity contribution in [1.29, 1.82) is 0 Å². The van der Waals surface area contributed by atoms with Gasteiger partial charge in [0.25, 0.3) is 5.82 Å². The summed E-state index contributed by atoms with van der Waals surface area (Å²) in [6.07, 6.45) is 1.96. The van der Waals surface area contributed by atoms with Crippen LogP contribution in [0.3, 0.4) is 0 Å². The third-order valence-electron chi connectivity index (χ3n) is 3.84. The van der Waals surface area contributed by atoms with Crippen LogP contribution in [0.4, 0.5) is 5.82 Å². The molecular weight excluding hydrogens is 296 g/mol. The first kappa shape index (κ1) is 14.9. The Balaban J connectivity index is 1.61. The lowest BCUT2D eigenvalue weighted by Crippen LogP contribution is -2.46. The van der Waals surface area contributed by atoms with Gasteiger partial charge >= 0.3 is 0 Å². The Bertz CT molecular complexity index is 631. The van der Waals surface area contributed by atoms with Gasteiger partial charge in [-0.1, -0.05) is 29.8 Å². The Morgan fingerprint density at radius 2 is 1.77 bits per heavy atom. The number of rotatable bonds is 3. The van der Waals surface area contributed by atoms with Gasteiger partial charge in [0.2, 0.25) is 0 Å². The van der Waals surface area contributed by atoms with Crippen LogP contribution in [0.2, 0.25) is 5.02 Å². The number of nitrogens with zero attached hydrogens (tertiary/aromatic N) is 3. The van der Waals surface area contributed by atoms with E-state index in [9.17, 15) is 0 Å². The molecule has 114 valence electrons. The predicted molar refractivity (Wildman–Crippen MR) is 90.4 cm³/mol. The zero-order chi connectivity index (χ0) is 15.4. The molecule has 0 radical (unpaired) electrons. The molecule has 22 heavy (non-hydrogen) atoms. The number of pyridine rings is 1. The molecule has 0 aliphatic carbocycles. The van der Waals surface area contributed by atoms with Crippen LogP contribution >= 0.6 is 11.6 Å². The van der Waals surface area contributed by atoms with E-state index in [1.807, 2.05) is 43.5 Å². The highest BCUT2D eigenvalue weighted by molar-refractivity contribution is 6.30. The smallest absolute Gasteiger partial charge is 0.274 e. The van der Waals surface area contributed by atoms with Crippen molar-refractivity contribution in [1.82, 2.24) is 5.01 Å². The molecule has 2 aromatic rings. The third-order valence-corrected chi connectivity index (χ3v) is 4.09. The number of piperazine rings is 1. The molecule has 0 amide bonds. The number of nitrogens with one attached hydrogen (secondary N) is 1. The summed E-state index contributed by atoms with van der Waals surface area (Å²) in [5, 5.41) is 7.63. The number of H-pyrrole nitrogens is 1. The van der Waals surface area contributed by atoms with Gasteiger partial charge in [0, 0.05) is 11.1 Å². The molecule has 1 fully saturated rings. The number of aromatic nitrogens is 1. The maximum atomic E-state index is 5.92. The van der Waals surface area contributed by atoms with Crippen molar-refractivity contribution in [3.8, 4) is 0 Å². The molecule has 1 aromatic heterocycles. The summed E-state index contributed by atoms with van der Waals surface area (Å²) in [5.41, 5.74) is 2.14. The molecule has 1 aliphatic rings. The highest BCUT2D eigenvalue weighted by atomic mass is 35.5. The van der Waals surface area contributed by atoms with Crippen molar-refractivity contribution in [3.63, 3.8) is 0 Å². The first-order valence-corrected chi connectivity index (χ1v) is 7.88. The number of hydrogen-bond acceptors (Lipinski definition) is 3. The van der Waals surface area contributed by atoms with Crippen molar-refractivity contribution in [2.45, 2.75) is 6.92 Å². The molecule has 2 heterocycles. The maximum Gasteiger partial charge on any atom is 0.274 e. The largest absolute Gasteiger partial charge is 0.289 e. The van der Waals surface area contributed by atoms with Crippen LogP contribution in [0.5, 0.6) is 0 Å². The molecule has 4 nitrogen and oxygen atoms in total. The molecule has 1 N–H and O–H groups in total. The van der Waals surface area contributed by atoms with E-state index < -0.39 is 0 Å². The van der Waals surface area contributed by atoms with Gasteiger partial charge in [-0.25, -0.2) is 4.98 Å². The van der Waals surface area contributed by atoms with E-state index in [1.165, 1.54) is 5.82 Å². The fourth-order valence-electron chi connectivity index (χ4n) is 2.58. The quantitative estimate of drug-likeness (QED) is 0.816. The lowest BCUT2D eigenvalue weighted by Gasteiger charge is -2.29. The lowest BCUT2D eigenvalue weighted by molar-refractivity contribution is -0.364. The number of aromatic amines is 1. The fourth-order valence-corrected chi connectivity index (χ4v) is 2.70. The van der Waals surface area contributed by atoms with E-state index >= 15 is 0 Å². The van der Waals surface area contributed by atoms with Gasteiger partial charge in [0.05, 0.1) is 25.0 Å². The zero-order valence-corrected chi connectivity index (χ0v) is 13.4.